The van der Waals surface area contributed by atoms with Gasteiger partial charge in [-0.25, -0.2) is 8.78 Å². The molecule has 3 heterocycles. The highest BCUT2D eigenvalue weighted by molar-refractivity contribution is 5.76. The van der Waals surface area contributed by atoms with Crippen molar-refractivity contribution in [3.8, 4) is 11.6 Å². The van der Waals surface area contributed by atoms with E-state index in [1.807, 2.05) is 0 Å². The number of nitrogens with zero attached hydrogens (tertiary/aromatic N) is 5. The molecule has 1 aliphatic heterocycles. The van der Waals surface area contributed by atoms with Crippen LogP contribution >= 0.6 is 0 Å². The molecule has 0 saturated carbocycles. The Hall–Kier alpha value is -3.61. The lowest BCUT2D eigenvalue weighted by Crippen LogP contribution is -2.42. The number of ether oxygens (including phenoxy) is 2. The largest absolute Gasteiger partial charge is 0.435 e. The van der Waals surface area contributed by atoms with E-state index < -0.39 is 29.3 Å². The third-order valence-electron chi connectivity index (χ3n) is 5.64. The lowest BCUT2D eigenvalue weighted by molar-refractivity contribution is -0.142. The van der Waals surface area contributed by atoms with E-state index in [4.69, 9.17) is 9.47 Å². The molecule has 1 fully saturated rings. The summed E-state index contributed by atoms with van der Waals surface area (Å²) in [5.74, 6) is -2.69. The number of benzene rings is 1. The molecule has 36 heavy (non-hydrogen) atoms. The molecule has 0 atom stereocenters. The minimum absolute atomic E-state index is 0.0793. The van der Waals surface area contributed by atoms with Crippen LogP contribution in [-0.2, 0) is 28.9 Å². The summed E-state index contributed by atoms with van der Waals surface area (Å²) in [7, 11) is 0. The summed E-state index contributed by atoms with van der Waals surface area (Å²) in [6, 6.07) is 7.23. The van der Waals surface area contributed by atoms with Gasteiger partial charge in [0.25, 0.3) is 0 Å². The van der Waals surface area contributed by atoms with E-state index >= 15 is 0 Å². The molecular weight excluding hydrogens is 489 g/mol. The highest BCUT2D eigenvalue weighted by Crippen LogP contribution is 2.29. The number of hydrogen-bond acceptors (Lipinski definition) is 6. The molecular formula is C23H22F5N5O3. The summed E-state index contributed by atoms with van der Waals surface area (Å²) in [5, 5.41) is 11.2. The van der Waals surface area contributed by atoms with Gasteiger partial charge in [0, 0.05) is 24.8 Å². The van der Waals surface area contributed by atoms with Gasteiger partial charge in [-0.15, -0.1) is 10.2 Å². The maximum Gasteiger partial charge on any atom is 0.435 e. The molecule has 1 aliphatic rings. The zero-order valence-electron chi connectivity index (χ0n) is 19.1. The molecule has 192 valence electrons. The van der Waals surface area contributed by atoms with E-state index in [1.165, 1.54) is 19.1 Å². The van der Waals surface area contributed by atoms with Crippen LogP contribution in [0.15, 0.2) is 36.4 Å². The highest BCUT2D eigenvalue weighted by atomic mass is 19.4. The van der Waals surface area contributed by atoms with Gasteiger partial charge in [0.1, 0.15) is 6.54 Å². The first-order valence-corrected chi connectivity index (χ1v) is 11.1. The van der Waals surface area contributed by atoms with E-state index in [0.29, 0.717) is 31.6 Å². The van der Waals surface area contributed by atoms with Crippen LogP contribution < -0.4 is 4.74 Å². The van der Waals surface area contributed by atoms with Crippen LogP contribution in [0.4, 0.5) is 22.0 Å². The smallest absolute Gasteiger partial charge is 0.431 e. The number of likely N-dealkylation sites (tertiary alicyclic amines) is 1. The SMILES string of the molecule is Cc1cc(C(F)(F)F)nn1CC(=O)N1CCC(OCc2ccc(Oc3c(F)cccc3F)nn2)CC1. The average molecular weight is 511 g/mol. The van der Waals surface area contributed by atoms with Crippen molar-refractivity contribution in [1.29, 1.82) is 0 Å². The molecule has 3 aromatic rings. The zero-order valence-corrected chi connectivity index (χ0v) is 19.1. The summed E-state index contributed by atoms with van der Waals surface area (Å²) >= 11 is 0. The van der Waals surface area contributed by atoms with Crippen molar-refractivity contribution >= 4 is 5.91 Å². The molecule has 0 spiro atoms. The minimum Gasteiger partial charge on any atom is -0.431 e. The van der Waals surface area contributed by atoms with Gasteiger partial charge >= 0.3 is 6.18 Å². The lowest BCUT2D eigenvalue weighted by Gasteiger charge is -2.32. The summed E-state index contributed by atoms with van der Waals surface area (Å²) < 4.78 is 77.9. The quantitative estimate of drug-likeness (QED) is 0.441. The molecule has 1 aromatic carbocycles. The summed E-state index contributed by atoms with van der Waals surface area (Å²) in [6.45, 7) is 2.11. The Kier molecular flexibility index (Phi) is 7.48. The van der Waals surface area contributed by atoms with E-state index in [0.717, 1.165) is 22.9 Å². The Bertz CT molecular complexity index is 1190. The Labute approximate surface area is 202 Å². The minimum atomic E-state index is -4.57. The van der Waals surface area contributed by atoms with Gasteiger partial charge in [0.2, 0.25) is 17.5 Å². The van der Waals surface area contributed by atoms with Crippen molar-refractivity contribution in [2.45, 2.75) is 45.2 Å². The van der Waals surface area contributed by atoms with Gasteiger partial charge in [-0.1, -0.05) is 6.07 Å². The monoisotopic (exact) mass is 511 g/mol. The molecule has 2 aromatic heterocycles. The summed E-state index contributed by atoms with van der Waals surface area (Å²) in [6.07, 6.45) is -3.63. The van der Waals surface area contributed by atoms with Gasteiger partial charge < -0.3 is 14.4 Å². The number of piperidine rings is 1. The number of rotatable bonds is 7. The average Bonchev–Trinajstić information content (AvgIpc) is 3.22. The molecule has 1 amide bonds. The van der Waals surface area contributed by atoms with Crippen molar-refractivity contribution in [3.63, 3.8) is 0 Å². The standard InChI is InChI=1S/C23H22F5N5O3/c1-14-11-19(23(26,27)28)31-33(14)12-21(34)32-9-7-16(8-10-32)35-13-15-5-6-20(30-29-15)36-22-17(24)3-2-4-18(22)25/h2-6,11,16H,7-10,12-13H2,1H3. The van der Waals surface area contributed by atoms with Gasteiger partial charge in [-0.3, -0.25) is 9.48 Å². The van der Waals surface area contributed by atoms with Crippen LogP contribution in [0, 0.1) is 18.6 Å². The molecule has 0 radical (unpaired) electrons. The zero-order chi connectivity index (χ0) is 25.9. The Balaban J connectivity index is 1.23. The van der Waals surface area contributed by atoms with Crippen LogP contribution in [-0.4, -0.2) is 50.0 Å². The fraction of sp³-hybridized carbons (Fsp3) is 0.391. The van der Waals surface area contributed by atoms with Crippen LogP contribution in [0.2, 0.25) is 0 Å². The number of amides is 1. The first-order chi connectivity index (χ1) is 17.1. The second kappa shape index (κ2) is 10.6. The molecule has 0 bridgehead atoms. The van der Waals surface area contributed by atoms with Gasteiger partial charge in [-0.05, 0) is 44.0 Å². The fourth-order valence-electron chi connectivity index (χ4n) is 3.68. The normalized spacial score (nSPS) is 14.8. The predicted molar refractivity (Wildman–Crippen MR) is 115 cm³/mol. The number of halogens is 5. The van der Waals surface area contributed by atoms with Gasteiger partial charge in [0.15, 0.2) is 17.3 Å². The number of aryl methyl sites for hydroxylation is 1. The Morgan fingerprint density at radius 1 is 1.08 bits per heavy atom. The van der Waals surface area contributed by atoms with Crippen LogP contribution in [0.5, 0.6) is 11.6 Å². The van der Waals surface area contributed by atoms with Crippen LogP contribution in [0.25, 0.3) is 0 Å². The van der Waals surface area contributed by atoms with Gasteiger partial charge in [0.05, 0.1) is 18.4 Å². The lowest BCUT2D eigenvalue weighted by atomic mass is 10.1. The summed E-state index contributed by atoms with van der Waals surface area (Å²) in [4.78, 5) is 14.1. The number of para-hydroxylation sites is 1. The van der Waals surface area contributed by atoms with E-state index in [9.17, 15) is 26.7 Å². The second-order valence-electron chi connectivity index (χ2n) is 8.23. The first-order valence-electron chi connectivity index (χ1n) is 11.1. The molecule has 1 saturated heterocycles. The highest BCUT2D eigenvalue weighted by Gasteiger charge is 2.35. The molecule has 13 heteroatoms. The number of carbonyl (C=O) groups excluding carboxylic acids is 1. The number of hydrogen-bond donors (Lipinski definition) is 0. The van der Waals surface area contributed by atoms with Crippen molar-refractivity contribution < 1.29 is 36.2 Å². The van der Waals surface area contributed by atoms with Gasteiger partial charge in [-0.2, -0.15) is 18.3 Å². The topological polar surface area (TPSA) is 82.4 Å². The van der Waals surface area contributed by atoms with Crippen molar-refractivity contribution in [2.75, 3.05) is 13.1 Å². The number of carbonyl (C=O) groups is 1. The molecule has 8 nitrogen and oxygen atoms in total. The Morgan fingerprint density at radius 2 is 1.78 bits per heavy atom. The molecule has 0 N–H and O–H groups in total. The van der Waals surface area contributed by atoms with Crippen LogP contribution in [0.3, 0.4) is 0 Å². The molecule has 0 unspecified atom stereocenters. The fourth-order valence-corrected chi connectivity index (χ4v) is 3.68. The third kappa shape index (κ3) is 6.14. The number of aromatic nitrogens is 4. The maximum atomic E-state index is 13.7. The first kappa shape index (κ1) is 25.5. The number of alkyl halides is 3. The Morgan fingerprint density at radius 3 is 2.36 bits per heavy atom. The molecule has 4 rings (SSSR count). The van der Waals surface area contributed by atoms with Crippen molar-refractivity contribution in [1.82, 2.24) is 24.9 Å². The van der Waals surface area contributed by atoms with Crippen molar-refractivity contribution in [3.05, 3.63) is 65.1 Å². The van der Waals surface area contributed by atoms with Crippen LogP contribution in [0.1, 0.15) is 29.9 Å². The maximum absolute atomic E-state index is 13.7. The predicted octanol–water partition coefficient (Wildman–Crippen LogP) is 4.28. The van der Waals surface area contributed by atoms with E-state index in [2.05, 4.69) is 15.3 Å². The third-order valence-corrected chi connectivity index (χ3v) is 5.64. The van der Waals surface area contributed by atoms with Crippen molar-refractivity contribution in [2.24, 2.45) is 0 Å². The molecule has 0 aliphatic carbocycles. The van der Waals surface area contributed by atoms with E-state index in [1.54, 1.807) is 11.0 Å². The summed E-state index contributed by atoms with van der Waals surface area (Å²) in [5.41, 5.74) is -0.294. The van der Waals surface area contributed by atoms with E-state index in [-0.39, 0.29) is 36.7 Å². The second-order valence-corrected chi connectivity index (χ2v) is 8.23.